The molecule has 3 rings (SSSR count). The van der Waals surface area contributed by atoms with Crippen LogP contribution in [0.5, 0.6) is 0 Å². The van der Waals surface area contributed by atoms with E-state index in [1.54, 1.807) is 24.3 Å². The summed E-state index contributed by atoms with van der Waals surface area (Å²) in [5.74, 6) is -3.87. The van der Waals surface area contributed by atoms with Gasteiger partial charge in [0.15, 0.2) is 0 Å². The lowest BCUT2D eigenvalue weighted by molar-refractivity contribution is -0.192. The van der Waals surface area contributed by atoms with Gasteiger partial charge in [-0.1, -0.05) is 6.07 Å². The minimum atomic E-state index is -5.08. The maximum atomic E-state index is 12.8. The highest BCUT2D eigenvalue weighted by molar-refractivity contribution is 7.92. The molecule has 3 N–H and O–H groups in total. The van der Waals surface area contributed by atoms with Crippen LogP contribution < -0.4 is 9.62 Å². The summed E-state index contributed by atoms with van der Waals surface area (Å²) in [4.78, 5) is 22.9. The molecule has 0 spiro atoms. The Balaban J connectivity index is 0.000000745. The average Bonchev–Trinajstić information content (AvgIpc) is 3.10. The third-order valence-corrected chi connectivity index (χ3v) is 7.88. The van der Waals surface area contributed by atoms with E-state index >= 15 is 0 Å². The van der Waals surface area contributed by atoms with Crippen LogP contribution in [0.2, 0.25) is 0 Å². The fourth-order valence-electron chi connectivity index (χ4n) is 3.99. The van der Waals surface area contributed by atoms with Crippen LogP contribution in [0.25, 0.3) is 0 Å². The van der Waals surface area contributed by atoms with Gasteiger partial charge in [0.25, 0.3) is 10.0 Å². The summed E-state index contributed by atoms with van der Waals surface area (Å²) in [6.45, 7) is 8.43. The number of aromatic carboxylic acids is 1. The van der Waals surface area contributed by atoms with Crippen LogP contribution in [0.4, 0.5) is 24.5 Å². The molecule has 10 nitrogen and oxygen atoms in total. The lowest BCUT2D eigenvalue weighted by Gasteiger charge is -2.22. The molecule has 0 atom stereocenters. The Morgan fingerprint density at radius 2 is 1.63 bits per heavy atom. The highest BCUT2D eigenvalue weighted by atomic mass is 32.2. The fourth-order valence-corrected chi connectivity index (χ4v) is 5.13. The number of carboxylic acid groups (broad SMARTS) is 2. The summed E-state index contributed by atoms with van der Waals surface area (Å²) < 4.78 is 61.8. The Kier molecular flexibility index (Phi) is 10.6. The van der Waals surface area contributed by atoms with Gasteiger partial charge >= 0.3 is 18.1 Å². The number of benzene rings is 2. The summed E-state index contributed by atoms with van der Waals surface area (Å²) in [5, 5.41) is 21.4. The Morgan fingerprint density at radius 3 is 2.12 bits per heavy atom. The van der Waals surface area contributed by atoms with Crippen molar-refractivity contribution < 1.29 is 41.4 Å². The van der Waals surface area contributed by atoms with Gasteiger partial charge in [0.05, 0.1) is 21.8 Å². The van der Waals surface area contributed by atoms with Crippen molar-refractivity contribution >= 4 is 33.3 Å². The average molecular weight is 599 g/mol. The summed E-state index contributed by atoms with van der Waals surface area (Å²) in [7, 11) is -0.0832. The minimum absolute atomic E-state index is 0.0384. The van der Waals surface area contributed by atoms with Gasteiger partial charge in [-0.05, 0) is 87.6 Å². The predicted molar refractivity (Wildman–Crippen MR) is 148 cm³/mol. The molecule has 14 heteroatoms. The first-order valence-corrected chi connectivity index (χ1v) is 13.8. The number of halogens is 3. The maximum Gasteiger partial charge on any atom is 0.490 e. The lowest BCUT2D eigenvalue weighted by Crippen LogP contribution is -2.22. The molecule has 224 valence electrons. The third-order valence-electron chi connectivity index (χ3n) is 6.50. The number of aromatic nitrogens is 2. The SMILES string of the molecule is Cc1ccc(S(=O)(=O)Nc2ccc(N(C)CCCc3c(C)nn(C)c3C)c(C(=O)O)c2)cc1C.O=C(O)C(F)(F)F. The van der Waals surface area contributed by atoms with Crippen molar-refractivity contribution in [3.05, 3.63) is 70.0 Å². The molecule has 1 heterocycles. The molecule has 0 aliphatic heterocycles. The largest absolute Gasteiger partial charge is 0.490 e. The second-order valence-corrected chi connectivity index (χ2v) is 11.2. The van der Waals surface area contributed by atoms with Crippen LogP contribution in [-0.2, 0) is 28.3 Å². The Bertz CT molecular complexity index is 1530. The van der Waals surface area contributed by atoms with Crippen LogP contribution in [-0.4, -0.2) is 60.1 Å². The van der Waals surface area contributed by atoms with Crippen LogP contribution in [0, 0.1) is 27.7 Å². The van der Waals surface area contributed by atoms with Gasteiger partial charge in [0, 0.05) is 32.0 Å². The zero-order chi connectivity index (χ0) is 31.3. The topological polar surface area (TPSA) is 142 Å². The second-order valence-electron chi connectivity index (χ2n) is 9.49. The molecular formula is C27H33F3N4O6S. The highest BCUT2D eigenvalue weighted by Crippen LogP contribution is 2.27. The number of sulfonamides is 1. The predicted octanol–water partition coefficient (Wildman–Crippen LogP) is 4.86. The lowest BCUT2D eigenvalue weighted by atomic mass is 10.1. The number of hydrogen-bond acceptors (Lipinski definition) is 6. The summed E-state index contributed by atoms with van der Waals surface area (Å²) in [6.07, 6.45) is -3.42. The Hall–Kier alpha value is -4.07. The van der Waals surface area contributed by atoms with Gasteiger partial charge in [0.1, 0.15) is 0 Å². The van der Waals surface area contributed by atoms with E-state index in [1.807, 2.05) is 51.4 Å². The first-order chi connectivity index (χ1) is 18.8. The number of carboxylic acids is 2. The van der Waals surface area contributed by atoms with Crippen molar-refractivity contribution in [1.82, 2.24) is 9.78 Å². The molecule has 1 aromatic heterocycles. The number of nitrogens with one attached hydrogen (secondary N) is 1. The van der Waals surface area contributed by atoms with E-state index < -0.39 is 28.1 Å². The molecule has 0 saturated carbocycles. The molecule has 41 heavy (non-hydrogen) atoms. The first kappa shape index (κ1) is 33.1. The quantitative estimate of drug-likeness (QED) is 0.317. The van der Waals surface area contributed by atoms with E-state index in [0.29, 0.717) is 12.2 Å². The molecule has 0 saturated heterocycles. The summed E-state index contributed by atoms with van der Waals surface area (Å²) in [5.41, 5.74) is 5.98. The monoisotopic (exact) mass is 598 g/mol. The van der Waals surface area contributed by atoms with Crippen LogP contribution in [0.15, 0.2) is 41.3 Å². The van der Waals surface area contributed by atoms with Crippen LogP contribution in [0.3, 0.4) is 0 Å². The van der Waals surface area contributed by atoms with Crippen molar-refractivity contribution in [2.45, 2.75) is 51.6 Å². The van der Waals surface area contributed by atoms with E-state index in [2.05, 4.69) is 9.82 Å². The molecule has 0 radical (unpaired) electrons. The molecule has 0 fully saturated rings. The first-order valence-electron chi connectivity index (χ1n) is 12.3. The Morgan fingerprint density at radius 1 is 1.02 bits per heavy atom. The van der Waals surface area contributed by atoms with Crippen molar-refractivity contribution in [3.63, 3.8) is 0 Å². The molecule has 2 aromatic carbocycles. The molecular weight excluding hydrogens is 565 g/mol. The standard InChI is InChI=1S/C25H32N4O4S.C2HF3O2/c1-16-9-11-21(14-17(16)2)34(32,33)27-20-10-12-24(23(15-20)25(30)31)28(5)13-7-8-22-18(3)26-29(6)19(22)4;3-2(4,5)1(6)7/h9-12,14-15,27H,7-8,13H2,1-6H3,(H,30,31);(H,6,7). The zero-order valence-corrected chi connectivity index (χ0v) is 24.3. The third kappa shape index (κ3) is 8.71. The van der Waals surface area contributed by atoms with Gasteiger partial charge in [-0.2, -0.15) is 18.3 Å². The van der Waals surface area contributed by atoms with Crippen LogP contribution >= 0.6 is 0 Å². The fraction of sp³-hybridized carbons (Fsp3) is 0.370. The molecule has 0 unspecified atom stereocenters. The van der Waals surface area contributed by atoms with E-state index in [0.717, 1.165) is 35.4 Å². The van der Waals surface area contributed by atoms with E-state index in [4.69, 9.17) is 9.90 Å². The number of anilines is 2. The van der Waals surface area contributed by atoms with Gasteiger partial charge in [-0.25, -0.2) is 18.0 Å². The number of rotatable bonds is 9. The van der Waals surface area contributed by atoms with Gasteiger partial charge in [0.2, 0.25) is 0 Å². The van der Waals surface area contributed by atoms with Crippen molar-refractivity contribution in [2.24, 2.45) is 7.05 Å². The number of alkyl halides is 3. The van der Waals surface area contributed by atoms with Crippen molar-refractivity contribution in [3.8, 4) is 0 Å². The van der Waals surface area contributed by atoms with Crippen molar-refractivity contribution in [2.75, 3.05) is 23.2 Å². The Labute approximate surface area is 236 Å². The highest BCUT2D eigenvalue weighted by Gasteiger charge is 2.38. The molecule has 0 aliphatic rings. The van der Waals surface area contributed by atoms with E-state index in [1.165, 1.54) is 17.7 Å². The van der Waals surface area contributed by atoms with Crippen molar-refractivity contribution in [1.29, 1.82) is 0 Å². The number of aryl methyl sites for hydroxylation is 4. The number of nitrogens with zero attached hydrogens (tertiary/aromatic N) is 3. The summed E-state index contributed by atoms with van der Waals surface area (Å²) in [6, 6.07) is 9.48. The summed E-state index contributed by atoms with van der Waals surface area (Å²) >= 11 is 0. The van der Waals surface area contributed by atoms with Gasteiger partial charge in [-0.15, -0.1) is 0 Å². The number of carbonyl (C=O) groups is 2. The molecule has 0 amide bonds. The number of aliphatic carboxylic acids is 1. The van der Waals surface area contributed by atoms with Crippen LogP contribution in [0.1, 0.15) is 44.9 Å². The van der Waals surface area contributed by atoms with E-state index in [-0.39, 0.29) is 16.1 Å². The molecule has 0 bridgehead atoms. The maximum absolute atomic E-state index is 12.8. The zero-order valence-electron chi connectivity index (χ0n) is 23.5. The van der Waals surface area contributed by atoms with Gasteiger partial charge in [-0.3, -0.25) is 9.40 Å². The number of hydrogen-bond donors (Lipinski definition) is 3. The minimum Gasteiger partial charge on any atom is -0.478 e. The second kappa shape index (κ2) is 13.1. The normalized spacial score (nSPS) is 11.4. The van der Waals surface area contributed by atoms with Gasteiger partial charge < -0.3 is 15.1 Å². The van der Waals surface area contributed by atoms with E-state index in [9.17, 15) is 31.5 Å². The molecule has 3 aromatic rings. The molecule has 0 aliphatic carbocycles. The smallest absolute Gasteiger partial charge is 0.478 e.